The van der Waals surface area contributed by atoms with E-state index in [1.165, 1.54) is 11.7 Å². The van der Waals surface area contributed by atoms with Crippen molar-refractivity contribution in [1.82, 2.24) is 19.3 Å². The minimum atomic E-state index is -0.472. The Kier molecular flexibility index (Phi) is 5.41. The Labute approximate surface area is 155 Å². The smallest absolute Gasteiger partial charge is 0.337 e. The first-order valence-electron chi connectivity index (χ1n) is 8.58. The molecule has 3 aromatic rings. The van der Waals surface area contributed by atoms with Crippen LogP contribution in [0.5, 0.6) is 0 Å². The van der Waals surface area contributed by atoms with E-state index in [9.17, 15) is 9.59 Å². The van der Waals surface area contributed by atoms with Crippen LogP contribution in [-0.4, -0.2) is 46.1 Å². The molecule has 0 saturated heterocycles. The molecule has 9 nitrogen and oxygen atoms in total. The van der Waals surface area contributed by atoms with Gasteiger partial charge < -0.3 is 13.9 Å². The number of esters is 1. The van der Waals surface area contributed by atoms with Crippen LogP contribution in [-0.2, 0) is 22.6 Å². The lowest BCUT2D eigenvalue weighted by Crippen LogP contribution is -2.26. The lowest BCUT2D eigenvalue weighted by molar-refractivity contribution is 0.0601. The quantitative estimate of drug-likeness (QED) is 0.581. The van der Waals surface area contributed by atoms with Gasteiger partial charge in [-0.1, -0.05) is 13.8 Å². The zero-order valence-corrected chi connectivity index (χ0v) is 15.8. The third-order valence-electron chi connectivity index (χ3n) is 4.23. The molecular weight excluding hydrogens is 352 g/mol. The van der Waals surface area contributed by atoms with Crippen molar-refractivity contribution in [3.8, 4) is 0 Å². The van der Waals surface area contributed by atoms with Crippen LogP contribution in [0.25, 0.3) is 11.0 Å². The Balaban J connectivity index is 2.11. The first kappa shape index (κ1) is 18.8. The van der Waals surface area contributed by atoms with Gasteiger partial charge in [-0.3, -0.25) is 9.13 Å². The molecule has 0 radical (unpaired) electrons. The molecule has 2 heterocycles. The van der Waals surface area contributed by atoms with E-state index in [4.69, 9.17) is 13.9 Å². The lowest BCUT2D eigenvalue weighted by atomic mass is 10.2. The van der Waals surface area contributed by atoms with E-state index < -0.39 is 5.97 Å². The first-order chi connectivity index (χ1) is 13.0. The molecule has 27 heavy (non-hydrogen) atoms. The van der Waals surface area contributed by atoms with Crippen molar-refractivity contribution < 1.29 is 18.7 Å². The first-order valence-corrected chi connectivity index (χ1v) is 8.58. The highest BCUT2D eigenvalue weighted by molar-refractivity contribution is 5.93. The lowest BCUT2D eigenvalue weighted by Gasteiger charge is -2.03. The fourth-order valence-electron chi connectivity index (χ4n) is 2.82. The molecule has 0 aliphatic heterocycles. The van der Waals surface area contributed by atoms with Crippen LogP contribution < -0.4 is 5.69 Å². The number of benzene rings is 1. The van der Waals surface area contributed by atoms with E-state index in [2.05, 4.69) is 10.2 Å². The summed E-state index contributed by atoms with van der Waals surface area (Å²) in [7, 11) is 2.89. The van der Waals surface area contributed by atoms with Crippen molar-refractivity contribution in [2.45, 2.75) is 32.9 Å². The molecule has 9 heteroatoms. The van der Waals surface area contributed by atoms with Gasteiger partial charge in [0.2, 0.25) is 11.8 Å². The van der Waals surface area contributed by atoms with Gasteiger partial charge in [-0.15, -0.1) is 10.2 Å². The molecule has 0 spiro atoms. The normalized spacial score (nSPS) is 11.4. The van der Waals surface area contributed by atoms with Crippen molar-refractivity contribution in [2.24, 2.45) is 0 Å². The zero-order chi connectivity index (χ0) is 19.6. The summed E-state index contributed by atoms with van der Waals surface area (Å²) >= 11 is 0. The van der Waals surface area contributed by atoms with Crippen LogP contribution in [0, 0.1) is 0 Å². The molecule has 0 aliphatic carbocycles. The van der Waals surface area contributed by atoms with Crippen molar-refractivity contribution >= 4 is 17.0 Å². The summed E-state index contributed by atoms with van der Waals surface area (Å²) in [4.78, 5) is 24.8. The zero-order valence-electron chi connectivity index (χ0n) is 15.8. The van der Waals surface area contributed by atoms with E-state index in [1.807, 2.05) is 13.8 Å². The molecule has 0 amide bonds. The molecule has 144 valence electrons. The van der Waals surface area contributed by atoms with Crippen molar-refractivity contribution in [2.75, 3.05) is 20.8 Å². The molecule has 3 rings (SSSR count). The Morgan fingerprint density at radius 2 is 1.96 bits per heavy atom. The molecule has 0 bridgehead atoms. The van der Waals surface area contributed by atoms with E-state index in [1.54, 1.807) is 29.9 Å². The van der Waals surface area contributed by atoms with E-state index >= 15 is 0 Å². The predicted molar refractivity (Wildman–Crippen MR) is 96.9 cm³/mol. The summed E-state index contributed by atoms with van der Waals surface area (Å²) < 4.78 is 18.6. The molecule has 0 atom stereocenters. The van der Waals surface area contributed by atoms with Crippen LogP contribution in [0.1, 0.15) is 41.9 Å². The number of carbonyl (C=O) groups excluding carboxylic acids is 1. The molecule has 0 saturated carbocycles. The second-order valence-corrected chi connectivity index (χ2v) is 6.40. The molecule has 0 N–H and O–H groups in total. The highest BCUT2D eigenvalue weighted by atomic mass is 16.5. The molecule has 2 aromatic heterocycles. The highest BCUT2D eigenvalue weighted by Gasteiger charge is 2.18. The number of methoxy groups -OCH3 is 2. The third kappa shape index (κ3) is 3.63. The Bertz CT molecular complexity index is 1010. The maximum Gasteiger partial charge on any atom is 0.337 e. The number of rotatable bonds is 7. The fraction of sp³-hybridized carbons (Fsp3) is 0.444. The maximum absolute atomic E-state index is 13.0. The van der Waals surface area contributed by atoms with Gasteiger partial charge in [0.05, 0.1) is 36.9 Å². The number of fused-ring (bicyclic) bond motifs is 1. The van der Waals surface area contributed by atoms with E-state index in [0.717, 1.165) is 0 Å². The summed E-state index contributed by atoms with van der Waals surface area (Å²) in [6.45, 7) is 4.78. The van der Waals surface area contributed by atoms with Gasteiger partial charge in [0, 0.05) is 13.0 Å². The summed E-state index contributed by atoms with van der Waals surface area (Å²) in [5, 5.41) is 8.03. The van der Waals surface area contributed by atoms with Gasteiger partial charge in [0.1, 0.15) is 6.54 Å². The number of hydrogen-bond donors (Lipinski definition) is 0. The topological polar surface area (TPSA) is 101 Å². The molecule has 0 fully saturated rings. The second kappa shape index (κ2) is 7.75. The largest absolute Gasteiger partial charge is 0.465 e. The number of imidazole rings is 1. The summed E-state index contributed by atoms with van der Waals surface area (Å²) in [6, 6.07) is 4.99. The number of aromatic nitrogens is 4. The van der Waals surface area contributed by atoms with Crippen LogP contribution in [0.2, 0.25) is 0 Å². The summed E-state index contributed by atoms with van der Waals surface area (Å²) in [5.74, 6) is 0.462. The Morgan fingerprint density at radius 3 is 2.59 bits per heavy atom. The Hall–Kier alpha value is -2.94. The van der Waals surface area contributed by atoms with Gasteiger partial charge in [-0.2, -0.15) is 0 Å². The molecule has 0 unspecified atom stereocenters. The average Bonchev–Trinajstić information content (AvgIpc) is 3.23. The maximum atomic E-state index is 13.0. The third-order valence-corrected chi connectivity index (χ3v) is 4.23. The van der Waals surface area contributed by atoms with Crippen LogP contribution in [0.3, 0.4) is 0 Å². The molecule has 0 aliphatic rings. The number of hydrogen-bond acceptors (Lipinski definition) is 7. The van der Waals surface area contributed by atoms with Gasteiger partial charge in [-0.25, -0.2) is 9.59 Å². The van der Waals surface area contributed by atoms with Gasteiger partial charge in [-0.05, 0) is 18.2 Å². The van der Waals surface area contributed by atoms with Crippen LogP contribution in [0.4, 0.5) is 0 Å². The fourth-order valence-corrected chi connectivity index (χ4v) is 2.82. The van der Waals surface area contributed by atoms with Gasteiger partial charge in [0.15, 0.2) is 0 Å². The standard InChI is InChI=1S/C18H22N4O5/c1-11(2)16-20-19-15(27-16)10-22-14-9-12(17(23)26-4)5-6-13(14)21(18(22)24)7-8-25-3/h5-6,9,11H,7-8,10H2,1-4H3. The minimum Gasteiger partial charge on any atom is -0.465 e. The predicted octanol–water partition coefficient (Wildman–Crippen LogP) is 1.79. The minimum absolute atomic E-state index is 0.0944. The molecular formula is C18H22N4O5. The van der Waals surface area contributed by atoms with Crippen molar-refractivity contribution in [3.63, 3.8) is 0 Å². The average molecular weight is 374 g/mol. The van der Waals surface area contributed by atoms with Crippen molar-refractivity contribution in [1.29, 1.82) is 0 Å². The highest BCUT2D eigenvalue weighted by Crippen LogP contribution is 2.19. The van der Waals surface area contributed by atoms with Gasteiger partial charge in [0.25, 0.3) is 0 Å². The summed E-state index contributed by atoms with van der Waals surface area (Å²) in [6.07, 6.45) is 0. The van der Waals surface area contributed by atoms with Crippen LogP contribution in [0.15, 0.2) is 27.4 Å². The monoisotopic (exact) mass is 374 g/mol. The van der Waals surface area contributed by atoms with Crippen molar-refractivity contribution in [3.05, 3.63) is 46.0 Å². The SMILES string of the molecule is COCCn1c(=O)n(Cc2nnc(C(C)C)o2)c2cc(C(=O)OC)ccc21. The summed E-state index contributed by atoms with van der Waals surface area (Å²) in [5.41, 5.74) is 1.39. The molecule has 1 aromatic carbocycles. The Morgan fingerprint density at radius 1 is 1.19 bits per heavy atom. The van der Waals surface area contributed by atoms with E-state index in [0.29, 0.717) is 41.5 Å². The number of nitrogens with zero attached hydrogens (tertiary/aromatic N) is 4. The van der Waals surface area contributed by atoms with Gasteiger partial charge >= 0.3 is 11.7 Å². The number of carbonyl (C=O) groups is 1. The van der Waals surface area contributed by atoms with E-state index in [-0.39, 0.29) is 18.2 Å². The van der Waals surface area contributed by atoms with Crippen LogP contribution >= 0.6 is 0 Å². The second-order valence-electron chi connectivity index (χ2n) is 6.40. The number of ether oxygens (including phenoxy) is 2.